The number of carbonyl (C=O) groups excluding carboxylic acids is 1. The van der Waals surface area contributed by atoms with E-state index in [-0.39, 0.29) is 11.9 Å². The van der Waals surface area contributed by atoms with Crippen molar-refractivity contribution in [3.63, 3.8) is 0 Å². The van der Waals surface area contributed by atoms with Gasteiger partial charge in [0.2, 0.25) is 5.78 Å². The van der Waals surface area contributed by atoms with Crippen molar-refractivity contribution in [1.29, 1.82) is 0 Å². The lowest BCUT2D eigenvalue weighted by Crippen LogP contribution is -2.18. The van der Waals surface area contributed by atoms with Crippen LogP contribution in [0.3, 0.4) is 0 Å². The largest absolute Gasteiger partial charge is 0.374 e. The second-order valence-corrected chi connectivity index (χ2v) is 4.11. The van der Waals surface area contributed by atoms with E-state index in [1.165, 1.54) is 18.4 Å². The Kier molecular flexibility index (Phi) is 3.43. The van der Waals surface area contributed by atoms with Crippen LogP contribution in [0.2, 0.25) is 0 Å². The number of Topliss-reactive ketones (excluding diaryl/α,β-unsaturated/α-hetero) is 1. The Morgan fingerprint density at radius 2 is 2.42 bits per heavy atom. The SMILES string of the molecule is COC(C)C(=O)c1sccc1Br. The molecule has 4 heteroatoms. The van der Waals surface area contributed by atoms with Crippen LogP contribution in [0, 0.1) is 0 Å². The molecule has 1 rings (SSSR count). The van der Waals surface area contributed by atoms with Gasteiger partial charge in [-0.3, -0.25) is 4.79 Å². The van der Waals surface area contributed by atoms with E-state index in [2.05, 4.69) is 15.9 Å². The number of rotatable bonds is 3. The highest BCUT2D eigenvalue weighted by molar-refractivity contribution is 9.10. The highest BCUT2D eigenvalue weighted by Gasteiger charge is 2.17. The van der Waals surface area contributed by atoms with E-state index in [1.54, 1.807) is 6.92 Å². The van der Waals surface area contributed by atoms with Crippen molar-refractivity contribution in [2.24, 2.45) is 0 Å². The standard InChI is InChI=1S/C8H9BrO2S/c1-5(11-2)7(10)8-6(9)3-4-12-8/h3-5H,1-2H3. The molecule has 66 valence electrons. The third-order valence-electron chi connectivity index (χ3n) is 1.56. The van der Waals surface area contributed by atoms with Gasteiger partial charge in [0.25, 0.3) is 0 Å². The zero-order chi connectivity index (χ0) is 9.14. The molecule has 0 aliphatic carbocycles. The van der Waals surface area contributed by atoms with E-state index < -0.39 is 0 Å². The van der Waals surface area contributed by atoms with Crippen molar-refractivity contribution in [1.82, 2.24) is 0 Å². The summed E-state index contributed by atoms with van der Waals surface area (Å²) in [6, 6.07) is 1.86. The molecule has 0 N–H and O–H groups in total. The quantitative estimate of drug-likeness (QED) is 0.770. The average molecular weight is 249 g/mol. The number of halogens is 1. The molecular formula is C8H9BrO2S. The lowest BCUT2D eigenvalue weighted by atomic mass is 10.2. The molecule has 0 amide bonds. The second-order valence-electron chi connectivity index (χ2n) is 2.34. The summed E-state index contributed by atoms with van der Waals surface area (Å²) < 4.78 is 5.78. The normalized spacial score (nSPS) is 12.9. The Balaban J connectivity index is 2.85. The Hall–Kier alpha value is -0.190. The molecule has 1 atom stereocenters. The van der Waals surface area contributed by atoms with Gasteiger partial charge in [-0.05, 0) is 34.3 Å². The smallest absolute Gasteiger partial charge is 0.202 e. The maximum absolute atomic E-state index is 11.5. The van der Waals surface area contributed by atoms with Crippen LogP contribution in [0.25, 0.3) is 0 Å². The molecule has 0 aliphatic heterocycles. The number of ether oxygens (including phenoxy) is 1. The lowest BCUT2D eigenvalue weighted by molar-refractivity contribution is 0.0659. The van der Waals surface area contributed by atoms with Crippen LogP contribution in [-0.2, 0) is 4.74 Å². The fourth-order valence-electron chi connectivity index (χ4n) is 0.761. The van der Waals surface area contributed by atoms with Gasteiger partial charge in [0.1, 0.15) is 6.10 Å². The Labute approximate surface area is 83.7 Å². The summed E-state index contributed by atoms with van der Waals surface area (Å²) in [6.45, 7) is 1.74. The maximum atomic E-state index is 11.5. The lowest BCUT2D eigenvalue weighted by Gasteiger charge is -2.05. The molecule has 0 fully saturated rings. The molecule has 1 aromatic rings. The van der Waals surface area contributed by atoms with Gasteiger partial charge in [0.05, 0.1) is 4.88 Å². The van der Waals surface area contributed by atoms with Crippen LogP contribution in [0.4, 0.5) is 0 Å². The highest BCUT2D eigenvalue weighted by Crippen LogP contribution is 2.24. The van der Waals surface area contributed by atoms with Gasteiger partial charge in [0.15, 0.2) is 0 Å². The van der Waals surface area contributed by atoms with E-state index in [0.29, 0.717) is 0 Å². The van der Waals surface area contributed by atoms with E-state index >= 15 is 0 Å². The Morgan fingerprint density at radius 1 is 1.75 bits per heavy atom. The summed E-state index contributed by atoms with van der Waals surface area (Å²) in [5.41, 5.74) is 0. The number of thiophene rings is 1. The molecule has 0 saturated carbocycles. The molecule has 12 heavy (non-hydrogen) atoms. The molecule has 1 unspecified atom stereocenters. The number of carbonyl (C=O) groups is 1. The molecule has 1 aromatic heterocycles. The molecule has 0 aliphatic rings. The van der Waals surface area contributed by atoms with Gasteiger partial charge in [0, 0.05) is 11.6 Å². The molecule has 2 nitrogen and oxygen atoms in total. The highest BCUT2D eigenvalue weighted by atomic mass is 79.9. The topological polar surface area (TPSA) is 26.3 Å². The first-order valence-corrected chi connectivity index (χ1v) is 5.14. The minimum absolute atomic E-state index is 0.0272. The van der Waals surface area contributed by atoms with E-state index in [0.717, 1.165) is 9.35 Å². The fraction of sp³-hybridized carbons (Fsp3) is 0.375. The van der Waals surface area contributed by atoms with Crippen LogP contribution in [0.15, 0.2) is 15.9 Å². The van der Waals surface area contributed by atoms with Crippen molar-refractivity contribution in [2.45, 2.75) is 13.0 Å². The van der Waals surface area contributed by atoms with E-state index in [9.17, 15) is 4.79 Å². The molecule has 0 radical (unpaired) electrons. The summed E-state index contributed by atoms with van der Waals surface area (Å²) in [5.74, 6) is 0.0272. The van der Waals surface area contributed by atoms with Crippen molar-refractivity contribution >= 4 is 33.0 Å². The Bertz CT molecular complexity index is 282. The monoisotopic (exact) mass is 248 g/mol. The molecule has 0 bridgehead atoms. The molecular weight excluding hydrogens is 240 g/mol. The molecule has 0 aromatic carbocycles. The molecule has 1 heterocycles. The molecule has 0 saturated heterocycles. The Morgan fingerprint density at radius 3 is 2.83 bits per heavy atom. The zero-order valence-corrected chi connectivity index (χ0v) is 9.24. The maximum Gasteiger partial charge on any atom is 0.202 e. The van der Waals surface area contributed by atoms with E-state index in [1.807, 2.05) is 11.4 Å². The zero-order valence-electron chi connectivity index (χ0n) is 6.83. The van der Waals surface area contributed by atoms with Gasteiger partial charge in [-0.1, -0.05) is 0 Å². The van der Waals surface area contributed by atoms with Crippen LogP contribution >= 0.6 is 27.3 Å². The van der Waals surface area contributed by atoms with Crippen molar-refractivity contribution in [2.75, 3.05) is 7.11 Å². The van der Waals surface area contributed by atoms with Crippen molar-refractivity contribution in [3.05, 3.63) is 20.8 Å². The van der Waals surface area contributed by atoms with Gasteiger partial charge in [-0.15, -0.1) is 11.3 Å². The van der Waals surface area contributed by atoms with Crippen LogP contribution in [-0.4, -0.2) is 19.0 Å². The summed E-state index contributed by atoms with van der Waals surface area (Å²) in [7, 11) is 1.53. The summed E-state index contributed by atoms with van der Waals surface area (Å²) in [5, 5.41) is 1.87. The predicted molar refractivity (Wildman–Crippen MR) is 52.8 cm³/mol. The third-order valence-corrected chi connectivity index (χ3v) is 3.42. The van der Waals surface area contributed by atoms with Crippen LogP contribution < -0.4 is 0 Å². The summed E-state index contributed by atoms with van der Waals surface area (Å²) in [4.78, 5) is 12.2. The number of hydrogen-bond donors (Lipinski definition) is 0. The predicted octanol–water partition coefficient (Wildman–Crippen LogP) is 2.73. The van der Waals surface area contributed by atoms with Crippen LogP contribution in [0.5, 0.6) is 0 Å². The van der Waals surface area contributed by atoms with Gasteiger partial charge >= 0.3 is 0 Å². The first-order chi connectivity index (χ1) is 5.66. The van der Waals surface area contributed by atoms with Crippen molar-refractivity contribution in [3.8, 4) is 0 Å². The van der Waals surface area contributed by atoms with Gasteiger partial charge in [-0.2, -0.15) is 0 Å². The minimum atomic E-state index is -0.361. The first kappa shape index (κ1) is 9.89. The second kappa shape index (κ2) is 4.16. The van der Waals surface area contributed by atoms with Crippen LogP contribution in [0.1, 0.15) is 16.6 Å². The minimum Gasteiger partial charge on any atom is -0.374 e. The van der Waals surface area contributed by atoms with Gasteiger partial charge in [-0.25, -0.2) is 0 Å². The number of hydrogen-bond acceptors (Lipinski definition) is 3. The third kappa shape index (κ3) is 1.94. The van der Waals surface area contributed by atoms with E-state index in [4.69, 9.17) is 4.74 Å². The molecule has 0 spiro atoms. The number of methoxy groups -OCH3 is 1. The fourth-order valence-corrected chi connectivity index (χ4v) is 2.35. The first-order valence-electron chi connectivity index (χ1n) is 3.46. The average Bonchev–Trinajstić information content (AvgIpc) is 2.48. The van der Waals surface area contributed by atoms with Gasteiger partial charge < -0.3 is 4.74 Å². The van der Waals surface area contributed by atoms with Crippen molar-refractivity contribution < 1.29 is 9.53 Å². The summed E-state index contributed by atoms with van der Waals surface area (Å²) >= 11 is 4.72. The summed E-state index contributed by atoms with van der Waals surface area (Å²) in [6.07, 6.45) is -0.361. The number of ketones is 1.